The van der Waals surface area contributed by atoms with Crippen molar-refractivity contribution in [3.63, 3.8) is 0 Å². The van der Waals surface area contributed by atoms with Crippen LogP contribution in [0.2, 0.25) is 0 Å². The van der Waals surface area contributed by atoms with Crippen LogP contribution in [0.15, 0.2) is 85.1 Å². The standard InChI is InChI=1S/C61H106O5/c1-4-7-10-13-16-19-22-25-28-30-32-35-38-41-44-47-50-53-56-64-57-59(66-61(63)55-52-49-46-43-40-37-33-27-24-21-18-15-12-9-6-3)58-65-60(62)54-51-48-45-42-39-36-34-31-29-26-23-20-17-14-11-8-5-2/h7,10,16-21,25-29,33,59H,4-6,8-9,11-15,22-24,30-32,34-58H2,1-3H3/b10-7-,19-16-,20-17-,21-18-,28-25-,29-26-,33-27-. The fraction of sp³-hybridized carbons (Fsp3) is 0.738. The van der Waals surface area contributed by atoms with E-state index < -0.39 is 6.10 Å². The molecule has 0 rings (SSSR count). The molecule has 0 aromatic rings. The molecular formula is C61H106O5. The summed E-state index contributed by atoms with van der Waals surface area (Å²) < 4.78 is 17.5. The summed E-state index contributed by atoms with van der Waals surface area (Å²) in [6, 6.07) is 0. The lowest BCUT2D eigenvalue weighted by atomic mass is 10.1. The van der Waals surface area contributed by atoms with Crippen LogP contribution in [-0.2, 0) is 23.8 Å². The molecule has 0 fully saturated rings. The van der Waals surface area contributed by atoms with Crippen LogP contribution in [0.1, 0.15) is 265 Å². The van der Waals surface area contributed by atoms with Gasteiger partial charge in [0.25, 0.3) is 0 Å². The first-order chi connectivity index (χ1) is 32.6. The SMILES string of the molecule is CC/C=C\C/C=C\C/C=C\CCCCCCCCCCOCC(COC(=O)CCCCCCCCC/C=C\C/C=C\CCCCC)OC(=O)CCCCCCC/C=C\C/C=C\CCCCC. The molecule has 1 unspecified atom stereocenters. The molecule has 0 amide bonds. The van der Waals surface area contributed by atoms with Gasteiger partial charge < -0.3 is 14.2 Å². The molecule has 0 aliphatic heterocycles. The third-order valence-electron chi connectivity index (χ3n) is 11.9. The topological polar surface area (TPSA) is 61.8 Å². The second-order valence-corrected chi connectivity index (χ2v) is 18.4. The van der Waals surface area contributed by atoms with Crippen LogP contribution >= 0.6 is 0 Å². The predicted molar refractivity (Wildman–Crippen MR) is 288 cm³/mol. The zero-order valence-corrected chi connectivity index (χ0v) is 43.7. The van der Waals surface area contributed by atoms with E-state index in [0.717, 1.165) is 89.9 Å². The van der Waals surface area contributed by atoms with E-state index in [2.05, 4.69) is 106 Å². The molecule has 0 aliphatic rings. The molecule has 5 nitrogen and oxygen atoms in total. The zero-order valence-electron chi connectivity index (χ0n) is 43.7. The zero-order chi connectivity index (χ0) is 47.7. The van der Waals surface area contributed by atoms with Gasteiger partial charge in [0.15, 0.2) is 6.10 Å². The number of ether oxygens (including phenoxy) is 3. The summed E-state index contributed by atoms with van der Waals surface area (Å²) in [5.74, 6) is -0.423. The number of hydrogen-bond acceptors (Lipinski definition) is 5. The van der Waals surface area contributed by atoms with Crippen LogP contribution in [0, 0.1) is 0 Å². The Bertz CT molecular complexity index is 1220. The van der Waals surface area contributed by atoms with Crippen LogP contribution in [0.4, 0.5) is 0 Å². The van der Waals surface area contributed by atoms with E-state index in [1.54, 1.807) is 0 Å². The smallest absolute Gasteiger partial charge is 0.306 e. The van der Waals surface area contributed by atoms with Gasteiger partial charge in [0.1, 0.15) is 6.61 Å². The van der Waals surface area contributed by atoms with Gasteiger partial charge in [0.05, 0.1) is 6.61 Å². The molecule has 0 saturated carbocycles. The first-order valence-electron chi connectivity index (χ1n) is 28.1. The van der Waals surface area contributed by atoms with Gasteiger partial charge in [-0.3, -0.25) is 9.59 Å². The van der Waals surface area contributed by atoms with Gasteiger partial charge >= 0.3 is 11.9 Å². The van der Waals surface area contributed by atoms with Gasteiger partial charge in [-0.15, -0.1) is 0 Å². The van der Waals surface area contributed by atoms with Crippen molar-refractivity contribution in [3.05, 3.63) is 85.1 Å². The Hall–Kier alpha value is -2.92. The van der Waals surface area contributed by atoms with Crippen LogP contribution < -0.4 is 0 Å². The van der Waals surface area contributed by atoms with E-state index in [4.69, 9.17) is 14.2 Å². The predicted octanol–water partition coefficient (Wildman–Crippen LogP) is 19.2. The molecule has 0 N–H and O–H groups in total. The number of esters is 2. The summed E-state index contributed by atoms with van der Waals surface area (Å²) in [5.41, 5.74) is 0. The van der Waals surface area contributed by atoms with E-state index in [9.17, 15) is 9.59 Å². The van der Waals surface area contributed by atoms with Gasteiger partial charge in [-0.1, -0.05) is 221 Å². The van der Waals surface area contributed by atoms with Crippen molar-refractivity contribution in [1.29, 1.82) is 0 Å². The summed E-state index contributed by atoms with van der Waals surface area (Å²) in [4.78, 5) is 25.5. The summed E-state index contributed by atoms with van der Waals surface area (Å²) in [6.45, 7) is 7.65. The second-order valence-electron chi connectivity index (χ2n) is 18.4. The number of rotatable bonds is 51. The average Bonchev–Trinajstić information content (AvgIpc) is 3.32. The molecule has 0 heterocycles. The highest BCUT2D eigenvalue weighted by Crippen LogP contribution is 2.14. The third kappa shape index (κ3) is 53.7. The van der Waals surface area contributed by atoms with Crippen molar-refractivity contribution < 1.29 is 23.8 Å². The summed E-state index contributed by atoms with van der Waals surface area (Å²) in [6.07, 6.45) is 74.5. The first kappa shape index (κ1) is 63.1. The van der Waals surface area contributed by atoms with Gasteiger partial charge in [-0.2, -0.15) is 0 Å². The maximum absolute atomic E-state index is 12.8. The van der Waals surface area contributed by atoms with Crippen LogP contribution in [0.5, 0.6) is 0 Å². The Kier molecular flexibility index (Phi) is 53.9. The molecule has 0 aromatic carbocycles. The Morgan fingerprint density at radius 2 is 0.682 bits per heavy atom. The number of hydrogen-bond donors (Lipinski definition) is 0. The largest absolute Gasteiger partial charge is 0.462 e. The van der Waals surface area contributed by atoms with Crippen LogP contribution in [-0.4, -0.2) is 37.9 Å². The van der Waals surface area contributed by atoms with Gasteiger partial charge in [-0.05, 0) is 116 Å². The lowest BCUT2D eigenvalue weighted by Gasteiger charge is -2.18. The van der Waals surface area contributed by atoms with Crippen molar-refractivity contribution in [2.45, 2.75) is 271 Å². The normalized spacial score (nSPS) is 12.8. The first-order valence-corrected chi connectivity index (χ1v) is 28.1. The van der Waals surface area contributed by atoms with Gasteiger partial charge in [0, 0.05) is 19.4 Å². The van der Waals surface area contributed by atoms with E-state index in [1.165, 1.54) is 141 Å². The fourth-order valence-electron chi connectivity index (χ4n) is 7.70. The van der Waals surface area contributed by atoms with E-state index in [1.807, 2.05) is 0 Å². The molecule has 380 valence electrons. The van der Waals surface area contributed by atoms with Gasteiger partial charge in [0.2, 0.25) is 0 Å². The Morgan fingerprint density at radius 3 is 1.09 bits per heavy atom. The summed E-state index contributed by atoms with van der Waals surface area (Å²) in [7, 11) is 0. The molecule has 5 heteroatoms. The Morgan fingerprint density at radius 1 is 0.348 bits per heavy atom. The van der Waals surface area contributed by atoms with Crippen molar-refractivity contribution in [1.82, 2.24) is 0 Å². The van der Waals surface area contributed by atoms with Crippen molar-refractivity contribution in [2.75, 3.05) is 19.8 Å². The van der Waals surface area contributed by atoms with Crippen LogP contribution in [0.25, 0.3) is 0 Å². The van der Waals surface area contributed by atoms with Crippen molar-refractivity contribution in [2.24, 2.45) is 0 Å². The number of carbonyl (C=O) groups is 2. The quantitative estimate of drug-likeness (QED) is 0.0346. The summed E-state index contributed by atoms with van der Waals surface area (Å²) >= 11 is 0. The van der Waals surface area contributed by atoms with E-state index in [0.29, 0.717) is 19.4 Å². The van der Waals surface area contributed by atoms with Crippen molar-refractivity contribution >= 4 is 11.9 Å². The van der Waals surface area contributed by atoms with E-state index in [-0.39, 0.29) is 25.2 Å². The minimum absolute atomic E-state index is 0.0697. The highest BCUT2D eigenvalue weighted by Gasteiger charge is 2.17. The molecule has 0 aromatic heterocycles. The Balaban J connectivity index is 4.32. The minimum Gasteiger partial charge on any atom is -0.462 e. The highest BCUT2D eigenvalue weighted by atomic mass is 16.6. The number of unbranched alkanes of at least 4 members (excludes halogenated alkanes) is 26. The van der Waals surface area contributed by atoms with E-state index >= 15 is 0 Å². The highest BCUT2D eigenvalue weighted by molar-refractivity contribution is 5.70. The molecule has 0 aliphatic carbocycles. The fourth-order valence-corrected chi connectivity index (χ4v) is 7.70. The molecule has 0 bridgehead atoms. The molecule has 1 atom stereocenters. The second kappa shape index (κ2) is 56.4. The Labute approximate surface area is 409 Å². The minimum atomic E-state index is -0.555. The average molecular weight is 920 g/mol. The lowest BCUT2D eigenvalue weighted by Crippen LogP contribution is -2.30. The number of allylic oxidation sites excluding steroid dienone is 14. The molecule has 0 saturated heterocycles. The molecule has 0 spiro atoms. The van der Waals surface area contributed by atoms with Gasteiger partial charge in [-0.25, -0.2) is 0 Å². The third-order valence-corrected chi connectivity index (χ3v) is 11.9. The van der Waals surface area contributed by atoms with Crippen LogP contribution in [0.3, 0.4) is 0 Å². The monoisotopic (exact) mass is 919 g/mol. The molecular weight excluding hydrogens is 813 g/mol. The maximum atomic E-state index is 12.8. The lowest BCUT2D eigenvalue weighted by molar-refractivity contribution is -0.163. The summed E-state index contributed by atoms with van der Waals surface area (Å²) in [5, 5.41) is 0. The van der Waals surface area contributed by atoms with Crippen molar-refractivity contribution in [3.8, 4) is 0 Å². The number of carbonyl (C=O) groups excluding carboxylic acids is 2. The maximum Gasteiger partial charge on any atom is 0.306 e. The molecule has 0 radical (unpaired) electrons. The molecule has 66 heavy (non-hydrogen) atoms.